The topological polar surface area (TPSA) is 81.1 Å². The molecule has 0 amide bonds. The highest BCUT2D eigenvalue weighted by atomic mass is 16.4. The summed E-state index contributed by atoms with van der Waals surface area (Å²) in [5, 5.41) is 13.6. The number of hydrogen-bond acceptors (Lipinski definition) is 3. The van der Waals surface area contributed by atoms with Crippen LogP contribution in [-0.2, 0) is 30.6 Å². The molecule has 1 heterocycles. The van der Waals surface area contributed by atoms with Gasteiger partial charge in [-0.05, 0) is 24.0 Å². The number of benzene rings is 1. The summed E-state index contributed by atoms with van der Waals surface area (Å²) in [5.41, 5.74) is 10.6. The van der Waals surface area contributed by atoms with Crippen molar-refractivity contribution in [3.8, 4) is 0 Å². The van der Waals surface area contributed by atoms with Crippen molar-refractivity contribution >= 4 is 11.7 Å². The molecule has 0 spiro atoms. The maximum absolute atomic E-state index is 11.0. The lowest BCUT2D eigenvalue weighted by atomic mass is 10.0. The van der Waals surface area contributed by atoms with Crippen molar-refractivity contribution in [1.82, 2.24) is 9.78 Å². The molecule has 3 N–H and O–H groups in total. The molecule has 5 heteroatoms. The Bertz CT molecular complexity index is 647. The van der Waals surface area contributed by atoms with Crippen LogP contribution < -0.4 is 5.73 Å². The quantitative estimate of drug-likeness (QED) is 0.854. The van der Waals surface area contributed by atoms with E-state index in [1.807, 2.05) is 42.8 Å². The minimum absolute atomic E-state index is 0.0228. The van der Waals surface area contributed by atoms with E-state index in [4.69, 9.17) is 10.8 Å². The summed E-state index contributed by atoms with van der Waals surface area (Å²) in [6.07, 6.45) is 1.62. The van der Waals surface area contributed by atoms with Crippen molar-refractivity contribution in [1.29, 1.82) is 0 Å². The second kappa shape index (κ2) is 6.43. The molecule has 0 aliphatic rings. The van der Waals surface area contributed by atoms with Crippen molar-refractivity contribution < 1.29 is 9.90 Å². The fraction of sp³-hybridized carbons (Fsp3) is 0.375. The number of carbonyl (C=O) groups is 1. The summed E-state index contributed by atoms with van der Waals surface area (Å²) in [5.74, 6) is -0.826. The molecule has 0 radical (unpaired) electrons. The van der Waals surface area contributed by atoms with Crippen molar-refractivity contribution in [2.75, 3.05) is 5.73 Å². The monoisotopic (exact) mass is 287 g/mol. The zero-order valence-corrected chi connectivity index (χ0v) is 12.5. The van der Waals surface area contributed by atoms with Gasteiger partial charge in [-0.25, -0.2) is 0 Å². The third-order valence-electron chi connectivity index (χ3n) is 3.62. The molecule has 0 aliphatic heterocycles. The SMILES string of the molecule is CCc1nn(Cc2ccccc2CC(=O)O)c(CC)c1N. The third kappa shape index (κ3) is 3.24. The Balaban J connectivity index is 2.36. The number of aryl methyl sites for hydroxylation is 1. The third-order valence-corrected chi connectivity index (χ3v) is 3.62. The summed E-state index contributed by atoms with van der Waals surface area (Å²) < 4.78 is 1.90. The van der Waals surface area contributed by atoms with Crippen molar-refractivity contribution in [3.05, 3.63) is 46.8 Å². The first-order chi connectivity index (χ1) is 10.1. The van der Waals surface area contributed by atoms with Gasteiger partial charge in [-0.2, -0.15) is 5.10 Å². The predicted molar refractivity (Wildman–Crippen MR) is 82.3 cm³/mol. The van der Waals surface area contributed by atoms with Crippen LogP contribution in [0, 0.1) is 0 Å². The zero-order chi connectivity index (χ0) is 15.4. The fourth-order valence-electron chi connectivity index (χ4n) is 2.54. The van der Waals surface area contributed by atoms with Crippen LogP contribution in [-0.4, -0.2) is 20.9 Å². The van der Waals surface area contributed by atoms with Crippen molar-refractivity contribution in [3.63, 3.8) is 0 Å². The number of rotatable bonds is 6. The molecule has 0 atom stereocenters. The number of nitrogen functional groups attached to an aromatic ring is 1. The first-order valence-electron chi connectivity index (χ1n) is 7.19. The Morgan fingerprint density at radius 3 is 2.48 bits per heavy atom. The summed E-state index contributed by atoms with van der Waals surface area (Å²) in [4.78, 5) is 11.0. The van der Waals surface area contributed by atoms with Crippen molar-refractivity contribution in [2.24, 2.45) is 0 Å². The van der Waals surface area contributed by atoms with Crippen LogP contribution in [0.5, 0.6) is 0 Å². The molecule has 2 rings (SSSR count). The van der Waals surface area contributed by atoms with E-state index in [9.17, 15) is 4.79 Å². The molecule has 0 fully saturated rings. The molecule has 0 saturated carbocycles. The number of carboxylic acids is 1. The van der Waals surface area contributed by atoms with Gasteiger partial charge in [-0.1, -0.05) is 38.1 Å². The molecule has 1 aromatic carbocycles. The molecular formula is C16H21N3O2. The van der Waals surface area contributed by atoms with Gasteiger partial charge >= 0.3 is 5.97 Å². The summed E-state index contributed by atoms with van der Waals surface area (Å²) in [6.45, 7) is 4.63. The van der Waals surface area contributed by atoms with Gasteiger partial charge in [0.15, 0.2) is 0 Å². The lowest BCUT2D eigenvalue weighted by Gasteiger charge is -2.10. The molecule has 112 valence electrons. The molecule has 0 unspecified atom stereocenters. The Labute approximate surface area is 124 Å². The number of carboxylic acid groups (broad SMARTS) is 1. The molecule has 0 bridgehead atoms. The molecular weight excluding hydrogens is 266 g/mol. The van der Waals surface area contributed by atoms with E-state index in [1.54, 1.807) is 0 Å². The van der Waals surface area contributed by atoms with Gasteiger partial charge in [0, 0.05) is 0 Å². The Morgan fingerprint density at radius 2 is 1.90 bits per heavy atom. The Hall–Kier alpha value is -2.30. The summed E-state index contributed by atoms with van der Waals surface area (Å²) >= 11 is 0. The van der Waals surface area contributed by atoms with Gasteiger partial charge in [0.25, 0.3) is 0 Å². The van der Waals surface area contributed by atoms with Gasteiger partial charge in [-0.3, -0.25) is 9.48 Å². The minimum atomic E-state index is -0.826. The zero-order valence-electron chi connectivity index (χ0n) is 12.5. The molecule has 5 nitrogen and oxygen atoms in total. The first kappa shape index (κ1) is 15.1. The minimum Gasteiger partial charge on any atom is -0.481 e. The normalized spacial score (nSPS) is 10.8. The number of anilines is 1. The predicted octanol–water partition coefficient (Wildman–Crippen LogP) is 2.27. The highest BCUT2D eigenvalue weighted by Gasteiger charge is 2.14. The van der Waals surface area contributed by atoms with E-state index < -0.39 is 5.97 Å². The van der Waals surface area contributed by atoms with E-state index >= 15 is 0 Å². The molecule has 21 heavy (non-hydrogen) atoms. The fourth-order valence-corrected chi connectivity index (χ4v) is 2.54. The number of nitrogens with two attached hydrogens (primary N) is 1. The molecule has 1 aromatic heterocycles. The van der Waals surface area contributed by atoms with E-state index in [0.29, 0.717) is 6.54 Å². The van der Waals surface area contributed by atoms with Crippen LogP contribution in [0.2, 0.25) is 0 Å². The number of nitrogens with zero attached hydrogens (tertiary/aromatic N) is 2. The number of aliphatic carboxylic acids is 1. The van der Waals surface area contributed by atoms with Gasteiger partial charge in [-0.15, -0.1) is 0 Å². The van der Waals surface area contributed by atoms with Crippen LogP contribution in [0.3, 0.4) is 0 Å². The van der Waals surface area contributed by atoms with Gasteiger partial charge in [0.1, 0.15) is 0 Å². The van der Waals surface area contributed by atoms with E-state index in [-0.39, 0.29) is 6.42 Å². The van der Waals surface area contributed by atoms with E-state index in [2.05, 4.69) is 5.10 Å². The average Bonchev–Trinajstić information content (AvgIpc) is 2.75. The lowest BCUT2D eigenvalue weighted by Crippen LogP contribution is -2.10. The van der Waals surface area contributed by atoms with Gasteiger partial charge < -0.3 is 10.8 Å². The first-order valence-corrected chi connectivity index (χ1v) is 7.19. The van der Waals surface area contributed by atoms with Crippen LogP contribution in [0.1, 0.15) is 36.4 Å². The van der Waals surface area contributed by atoms with E-state index in [0.717, 1.165) is 41.0 Å². The molecule has 0 aliphatic carbocycles. The maximum atomic E-state index is 11.0. The van der Waals surface area contributed by atoms with Crippen molar-refractivity contribution in [2.45, 2.75) is 39.7 Å². The van der Waals surface area contributed by atoms with Crippen LogP contribution >= 0.6 is 0 Å². The maximum Gasteiger partial charge on any atom is 0.307 e. The Kier molecular flexibility index (Phi) is 4.62. The lowest BCUT2D eigenvalue weighted by molar-refractivity contribution is -0.136. The van der Waals surface area contributed by atoms with Crippen LogP contribution in [0.4, 0.5) is 5.69 Å². The van der Waals surface area contributed by atoms with Gasteiger partial charge in [0.05, 0.1) is 30.0 Å². The summed E-state index contributed by atoms with van der Waals surface area (Å²) in [7, 11) is 0. The summed E-state index contributed by atoms with van der Waals surface area (Å²) in [6, 6.07) is 7.57. The highest BCUT2D eigenvalue weighted by Crippen LogP contribution is 2.20. The van der Waals surface area contributed by atoms with Crippen LogP contribution in [0.25, 0.3) is 0 Å². The molecule has 0 saturated heterocycles. The second-order valence-electron chi connectivity index (χ2n) is 5.01. The molecule has 2 aromatic rings. The van der Waals surface area contributed by atoms with Gasteiger partial charge in [0.2, 0.25) is 0 Å². The van der Waals surface area contributed by atoms with Crippen LogP contribution in [0.15, 0.2) is 24.3 Å². The highest BCUT2D eigenvalue weighted by molar-refractivity contribution is 5.70. The number of aromatic nitrogens is 2. The van der Waals surface area contributed by atoms with E-state index in [1.165, 1.54) is 0 Å². The standard InChI is InChI=1S/C16H21N3O2/c1-3-13-16(17)14(4-2)19(18-13)10-12-8-6-5-7-11(12)9-15(20)21/h5-8H,3-4,9-10,17H2,1-2H3,(H,20,21). The smallest absolute Gasteiger partial charge is 0.307 e. The Morgan fingerprint density at radius 1 is 1.24 bits per heavy atom. The average molecular weight is 287 g/mol. The number of hydrogen-bond donors (Lipinski definition) is 2. The second-order valence-corrected chi connectivity index (χ2v) is 5.01. The largest absolute Gasteiger partial charge is 0.481 e.